The van der Waals surface area contributed by atoms with Gasteiger partial charge in [-0.2, -0.15) is 0 Å². The van der Waals surface area contributed by atoms with E-state index in [0.29, 0.717) is 11.3 Å². The van der Waals surface area contributed by atoms with Crippen LogP contribution in [-0.4, -0.2) is 47.7 Å². The molecule has 29 heavy (non-hydrogen) atoms. The zero-order valence-corrected chi connectivity index (χ0v) is 17.8. The summed E-state index contributed by atoms with van der Waals surface area (Å²) in [6.07, 6.45) is -1.18. The third-order valence-electron chi connectivity index (χ3n) is 4.96. The highest BCUT2D eigenvalue weighted by Gasteiger charge is 2.57. The van der Waals surface area contributed by atoms with Crippen LogP contribution >= 0.6 is 0 Å². The van der Waals surface area contributed by atoms with Crippen LogP contribution in [0.3, 0.4) is 0 Å². The molecule has 0 saturated heterocycles. The van der Waals surface area contributed by atoms with Crippen molar-refractivity contribution in [3.8, 4) is 5.75 Å². The van der Waals surface area contributed by atoms with E-state index in [0.717, 1.165) is 0 Å². The summed E-state index contributed by atoms with van der Waals surface area (Å²) in [6, 6.07) is 6.78. The van der Waals surface area contributed by atoms with Gasteiger partial charge in [0.25, 0.3) is 0 Å². The summed E-state index contributed by atoms with van der Waals surface area (Å²) in [6.45, 7) is 8.20. The number of Topliss-reactive ketones (excluding diaryl/α,β-unsaturated/α-hetero) is 1. The number of hydrogen-bond acceptors (Lipinski definition) is 7. The van der Waals surface area contributed by atoms with Gasteiger partial charge in [0, 0.05) is 12.3 Å². The van der Waals surface area contributed by atoms with Gasteiger partial charge in [-0.25, -0.2) is 0 Å². The van der Waals surface area contributed by atoms with Crippen LogP contribution in [-0.2, 0) is 23.9 Å². The van der Waals surface area contributed by atoms with Gasteiger partial charge in [0.15, 0.2) is 5.78 Å². The average Bonchev–Trinajstić information content (AvgIpc) is 2.58. The number of carbonyl (C=O) groups is 3. The van der Waals surface area contributed by atoms with Crippen molar-refractivity contribution in [2.75, 3.05) is 7.11 Å². The summed E-state index contributed by atoms with van der Waals surface area (Å²) in [5.74, 6) is -4.63. The molecular weight excluding hydrogens is 376 g/mol. The number of carbonyl (C=O) groups excluding carboxylic acids is 3. The summed E-state index contributed by atoms with van der Waals surface area (Å²) in [5, 5.41) is 11.0. The molecule has 0 radical (unpaired) electrons. The Morgan fingerprint density at radius 2 is 1.69 bits per heavy atom. The van der Waals surface area contributed by atoms with Crippen molar-refractivity contribution >= 4 is 17.7 Å². The van der Waals surface area contributed by atoms with Crippen LogP contribution in [0.2, 0.25) is 0 Å². The number of benzene rings is 1. The topological polar surface area (TPSA) is 99.1 Å². The lowest BCUT2D eigenvalue weighted by Crippen LogP contribution is -2.55. The fourth-order valence-corrected chi connectivity index (χ4v) is 3.88. The van der Waals surface area contributed by atoms with Crippen LogP contribution < -0.4 is 4.74 Å². The minimum absolute atomic E-state index is 0.344. The van der Waals surface area contributed by atoms with E-state index >= 15 is 0 Å². The van der Waals surface area contributed by atoms with E-state index in [4.69, 9.17) is 14.2 Å². The fourth-order valence-electron chi connectivity index (χ4n) is 3.88. The minimum Gasteiger partial charge on any atom is -0.497 e. The molecule has 0 spiro atoms. The third-order valence-corrected chi connectivity index (χ3v) is 4.96. The van der Waals surface area contributed by atoms with Gasteiger partial charge in [0.1, 0.15) is 11.7 Å². The summed E-state index contributed by atoms with van der Waals surface area (Å²) in [5.41, 5.74) is -1.15. The van der Waals surface area contributed by atoms with Crippen molar-refractivity contribution in [3.05, 3.63) is 29.8 Å². The number of hydrogen-bond donors (Lipinski definition) is 1. The number of rotatable bonds is 6. The van der Waals surface area contributed by atoms with Gasteiger partial charge in [-0.15, -0.1) is 0 Å². The molecule has 160 valence electrons. The first-order valence-corrected chi connectivity index (χ1v) is 9.78. The Morgan fingerprint density at radius 3 is 2.24 bits per heavy atom. The van der Waals surface area contributed by atoms with Gasteiger partial charge < -0.3 is 19.3 Å². The lowest BCUT2D eigenvalue weighted by atomic mass is 9.61. The Balaban J connectivity index is 2.63. The van der Waals surface area contributed by atoms with E-state index in [1.165, 1.54) is 14.0 Å². The molecule has 0 aromatic heterocycles. The number of ketones is 1. The van der Waals surface area contributed by atoms with E-state index < -0.39 is 53.3 Å². The maximum atomic E-state index is 13.0. The van der Waals surface area contributed by atoms with Gasteiger partial charge in [0.2, 0.25) is 0 Å². The molecule has 7 nitrogen and oxygen atoms in total. The normalized spacial score (nSPS) is 27.1. The number of ether oxygens (including phenoxy) is 3. The third kappa shape index (κ3) is 5.15. The first-order chi connectivity index (χ1) is 13.5. The molecule has 1 saturated carbocycles. The van der Waals surface area contributed by atoms with E-state index in [9.17, 15) is 19.5 Å². The number of methoxy groups -OCH3 is 1. The second kappa shape index (κ2) is 8.95. The summed E-state index contributed by atoms with van der Waals surface area (Å²) < 4.78 is 16.0. The van der Waals surface area contributed by atoms with E-state index in [2.05, 4.69) is 0 Å². The van der Waals surface area contributed by atoms with Gasteiger partial charge in [0.05, 0.1) is 30.8 Å². The molecule has 2 rings (SSSR count). The molecule has 1 aliphatic rings. The lowest BCUT2D eigenvalue weighted by Gasteiger charge is -2.44. The minimum atomic E-state index is -1.68. The van der Waals surface area contributed by atoms with E-state index in [1.807, 2.05) is 0 Å². The van der Waals surface area contributed by atoms with Crippen LogP contribution in [0, 0.1) is 11.8 Å². The van der Waals surface area contributed by atoms with Gasteiger partial charge in [-0.1, -0.05) is 12.1 Å². The number of aliphatic hydroxyl groups is 1. The van der Waals surface area contributed by atoms with Gasteiger partial charge >= 0.3 is 11.9 Å². The zero-order chi connectivity index (χ0) is 21.9. The van der Waals surface area contributed by atoms with Crippen LogP contribution in [0.5, 0.6) is 5.75 Å². The van der Waals surface area contributed by atoms with Crippen molar-refractivity contribution < 1.29 is 33.7 Å². The molecule has 0 unspecified atom stereocenters. The Hall–Kier alpha value is -2.41. The first-order valence-electron chi connectivity index (χ1n) is 9.78. The quantitative estimate of drug-likeness (QED) is 0.573. The Morgan fingerprint density at radius 1 is 1.10 bits per heavy atom. The molecule has 0 aliphatic heterocycles. The first kappa shape index (κ1) is 22.9. The standard InChI is InChI=1S/C22H30O7/c1-12(2)28-20(24)18-16(23)11-22(5,26)19(21(25)29-13(3)4)17(18)14-8-7-9-15(10-14)27-6/h7-10,12-13,17-19,26H,11H2,1-6H3/t17-,18-,19-,22+/m0/s1. The second-order valence-electron chi connectivity index (χ2n) is 8.23. The fraction of sp³-hybridized carbons (Fsp3) is 0.591. The summed E-state index contributed by atoms with van der Waals surface area (Å²) in [7, 11) is 1.50. The van der Waals surface area contributed by atoms with Crippen molar-refractivity contribution in [1.29, 1.82) is 0 Å². The molecule has 0 bridgehead atoms. The molecule has 1 aromatic rings. The maximum absolute atomic E-state index is 13.0. The molecule has 1 aliphatic carbocycles. The highest BCUT2D eigenvalue weighted by atomic mass is 16.5. The molecule has 1 aromatic carbocycles. The average molecular weight is 406 g/mol. The lowest BCUT2D eigenvalue weighted by molar-refractivity contribution is -0.176. The van der Waals surface area contributed by atoms with Crippen molar-refractivity contribution in [2.45, 2.75) is 64.8 Å². The smallest absolute Gasteiger partial charge is 0.317 e. The predicted octanol–water partition coefficient (Wildman–Crippen LogP) is 2.64. The van der Waals surface area contributed by atoms with Crippen LogP contribution in [0.4, 0.5) is 0 Å². The predicted molar refractivity (Wildman–Crippen MR) is 105 cm³/mol. The highest BCUT2D eigenvalue weighted by molar-refractivity contribution is 6.02. The van der Waals surface area contributed by atoms with Crippen LogP contribution in [0.15, 0.2) is 24.3 Å². The highest BCUT2D eigenvalue weighted by Crippen LogP contribution is 2.47. The van der Waals surface area contributed by atoms with Crippen molar-refractivity contribution in [2.24, 2.45) is 11.8 Å². The molecule has 1 N–H and O–H groups in total. The van der Waals surface area contributed by atoms with Crippen molar-refractivity contribution in [3.63, 3.8) is 0 Å². The Kier molecular flexibility index (Phi) is 7.06. The van der Waals surface area contributed by atoms with Gasteiger partial charge in [-0.05, 0) is 52.3 Å². The van der Waals surface area contributed by atoms with Crippen LogP contribution in [0.25, 0.3) is 0 Å². The number of esters is 2. The van der Waals surface area contributed by atoms with E-state index in [1.54, 1.807) is 52.0 Å². The summed E-state index contributed by atoms with van der Waals surface area (Å²) in [4.78, 5) is 38.8. The Bertz CT molecular complexity index is 758. The molecular formula is C22H30O7. The van der Waals surface area contributed by atoms with Crippen LogP contribution in [0.1, 0.15) is 52.5 Å². The molecule has 4 atom stereocenters. The monoisotopic (exact) mass is 406 g/mol. The van der Waals surface area contributed by atoms with E-state index in [-0.39, 0.29) is 6.42 Å². The Labute approximate surface area is 171 Å². The molecule has 1 fully saturated rings. The maximum Gasteiger partial charge on any atom is 0.317 e. The molecule has 0 amide bonds. The molecule has 7 heteroatoms. The summed E-state index contributed by atoms with van der Waals surface area (Å²) >= 11 is 0. The van der Waals surface area contributed by atoms with Gasteiger partial charge in [-0.3, -0.25) is 14.4 Å². The van der Waals surface area contributed by atoms with Crippen molar-refractivity contribution in [1.82, 2.24) is 0 Å². The molecule has 0 heterocycles. The zero-order valence-electron chi connectivity index (χ0n) is 17.8. The second-order valence-corrected chi connectivity index (χ2v) is 8.23. The SMILES string of the molecule is COc1cccc([C@H]2[C@@H](C(=O)OC(C)C)C(=O)C[C@@](C)(O)[C@@H]2C(=O)OC(C)C)c1. The largest absolute Gasteiger partial charge is 0.497 e.